The molecule has 0 radical (unpaired) electrons. The summed E-state index contributed by atoms with van der Waals surface area (Å²) in [6.07, 6.45) is 0. The van der Waals surface area contributed by atoms with E-state index in [1.165, 1.54) is 19.2 Å². The molecule has 0 bridgehead atoms. The number of phenols is 1. The van der Waals surface area contributed by atoms with Crippen LogP contribution in [0.4, 0.5) is 5.69 Å². The Morgan fingerprint density at radius 2 is 2.08 bits per heavy atom. The van der Waals surface area contributed by atoms with Crippen LogP contribution in [0.3, 0.4) is 0 Å². The summed E-state index contributed by atoms with van der Waals surface area (Å²) in [5.41, 5.74) is 1.26. The lowest BCUT2D eigenvalue weighted by atomic mass is 10.1. The SMILES string of the molecule is COC(=O)c1ccc2c(=O)[nH]c(CN(C)c3cccc(O)c3)nc2c1. The number of rotatable bonds is 4. The monoisotopic (exact) mass is 339 g/mol. The van der Waals surface area contributed by atoms with Crippen LogP contribution in [0.5, 0.6) is 5.75 Å². The van der Waals surface area contributed by atoms with Crippen molar-refractivity contribution in [3.63, 3.8) is 0 Å². The highest BCUT2D eigenvalue weighted by molar-refractivity contribution is 5.93. The number of aromatic nitrogens is 2. The Balaban J connectivity index is 1.96. The average Bonchev–Trinajstić information content (AvgIpc) is 2.60. The summed E-state index contributed by atoms with van der Waals surface area (Å²) in [6.45, 7) is 0.330. The topological polar surface area (TPSA) is 95.5 Å². The molecular formula is C18H17N3O4. The van der Waals surface area contributed by atoms with Crippen LogP contribution in [0.2, 0.25) is 0 Å². The van der Waals surface area contributed by atoms with Gasteiger partial charge in [0.05, 0.1) is 30.1 Å². The van der Waals surface area contributed by atoms with Crippen LogP contribution in [-0.2, 0) is 11.3 Å². The van der Waals surface area contributed by atoms with Gasteiger partial charge in [-0.2, -0.15) is 0 Å². The van der Waals surface area contributed by atoms with Gasteiger partial charge in [-0.1, -0.05) is 6.07 Å². The first-order valence-electron chi connectivity index (χ1n) is 7.59. The van der Waals surface area contributed by atoms with Crippen molar-refractivity contribution in [3.8, 4) is 5.75 Å². The molecular weight excluding hydrogens is 322 g/mol. The molecule has 0 spiro atoms. The number of esters is 1. The van der Waals surface area contributed by atoms with Crippen LogP contribution >= 0.6 is 0 Å². The number of aromatic amines is 1. The third-order valence-corrected chi connectivity index (χ3v) is 3.83. The lowest BCUT2D eigenvalue weighted by molar-refractivity contribution is 0.0601. The number of H-pyrrole nitrogens is 1. The van der Waals surface area contributed by atoms with E-state index in [0.29, 0.717) is 28.8 Å². The maximum Gasteiger partial charge on any atom is 0.337 e. The third kappa shape index (κ3) is 3.45. The summed E-state index contributed by atoms with van der Waals surface area (Å²) in [4.78, 5) is 32.9. The van der Waals surface area contributed by atoms with Gasteiger partial charge in [0.25, 0.3) is 5.56 Å². The normalized spacial score (nSPS) is 10.6. The summed E-state index contributed by atoms with van der Waals surface area (Å²) in [6, 6.07) is 11.4. The molecule has 2 aromatic carbocycles. The molecule has 1 heterocycles. The predicted molar refractivity (Wildman–Crippen MR) is 93.9 cm³/mol. The Bertz CT molecular complexity index is 997. The van der Waals surface area contributed by atoms with Gasteiger partial charge in [-0.05, 0) is 30.3 Å². The molecule has 0 saturated carbocycles. The fraction of sp³-hybridized carbons (Fsp3) is 0.167. The minimum atomic E-state index is -0.484. The van der Waals surface area contributed by atoms with Crippen molar-refractivity contribution in [1.29, 1.82) is 0 Å². The fourth-order valence-electron chi connectivity index (χ4n) is 2.55. The molecule has 3 rings (SSSR count). The number of aromatic hydroxyl groups is 1. The van der Waals surface area contributed by atoms with Gasteiger partial charge in [0, 0.05) is 18.8 Å². The number of benzene rings is 2. The molecule has 0 saturated heterocycles. The second kappa shape index (κ2) is 6.64. The first-order valence-corrected chi connectivity index (χ1v) is 7.59. The molecule has 0 unspecified atom stereocenters. The molecule has 0 atom stereocenters. The van der Waals surface area contributed by atoms with E-state index in [2.05, 4.69) is 9.97 Å². The standard InChI is InChI=1S/C18H17N3O4/c1-21(12-4-3-5-13(22)9-12)10-16-19-15-8-11(18(24)25-2)6-7-14(15)17(23)20-16/h3-9,22H,10H2,1-2H3,(H,19,20,23). The van der Waals surface area contributed by atoms with E-state index < -0.39 is 5.97 Å². The molecule has 0 aliphatic carbocycles. The van der Waals surface area contributed by atoms with E-state index in [-0.39, 0.29) is 11.3 Å². The molecule has 7 heteroatoms. The number of nitrogens with zero attached hydrogens (tertiary/aromatic N) is 2. The van der Waals surface area contributed by atoms with Crippen molar-refractivity contribution >= 4 is 22.6 Å². The van der Waals surface area contributed by atoms with Crippen molar-refractivity contribution in [2.24, 2.45) is 0 Å². The molecule has 2 N–H and O–H groups in total. The number of fused-ring (bicyclic) bond motifs is 1. The molecule has 25 heavy (non-hydrogen) atoms. The number of nitrogens with one attached hydrogen (secondary N) is 1. The van der Waals surface area contributed by atoms with Crippen LogP contribution in [0.1, 0.15) is 16.2 Å². The first kappa shape index (κ1) is 16.5. The molecule has 0 aliphatic rings. The second-order valence-corrected chi connectivity index (χ2v) is 5.61. The number of carbonyl (C=O) groups excluding carboxylic acids is 1. The van der Waals surface area contributed by atoms with E-state index in [0.717, 1.165) is 5.69 Å². The van der Waals surface area contributed by atoms with Gasteiger partial charge in [0.15, 0.2) is 0 Å². The number of methoxy groups -OCH3 is 1. The summed E-state index contributed by atoms with van der Waals surface area (Å²) in [7, 11) is 3.12. The van der Waals surface area contributed by atoms with Gasteiger partial charge >= 0.3 is 5.97 Å². The van der Waals surface area contributed by atoms with Crippen molar-refractivity contribution in [2.75, 3.05) is 19.1 Å². The number of hydrogen-bond donors (Lipinski definition) is 2. The van der Waals surface area contributed by atoms with Crippen LogP contribution in [0, 0.1) is 0 Å². The smallest absolute Gasteiger partial charge is 0.337 e. The van der Waals surface area contributed by atoms with Crippen LogP contribution < -0.4 is 10.5 Å². The average molecular weight is 339 g/mol. The van der Waals surface area contributed by atoms with Gasteiger partial charge in [-0.25, -0.2) is 9.78 Å². The highest BCUT2D eigenvalue weighted by Crippen LogP contribution is 2.20. The molecule has 1 aromatic heterocycles. The molecule has 0 aliphatic heterocycles. The zero-order valence-corrected chi connectivity index (χ0v) is 13.8. The number of phenolic OH excluding ortho intramolecular Hbond substituents is 1. The lowest BCUT2D eigenvalue weighted by Gasteiger charge is -2.19. The van der Waals surface area contributed by atoms with Gasteiger partial charge < -0.3 is 19.7 Å². The second-order valence-electron chi connectivity index (χ2n) is 5.61. The lowest BCUT2D eigenvalue weighted by Crippen LogP contribution is -2.21. The Labute approximate surface area is 143 Å². The summed E-state index contributed by atoms with van der Waals surface area (Å²) < 4.78 is 4.69. The Morgan fingerprint density at radius 3 is 2.80 bits per heavy atom. The van der Waals surface area contributed by atoms with Gasteiger partial charge in [-0.15, -0.1) is 0 Å². The molecule has 3 aromatic rings. The predicted octanol–water partition coefficient (Wildman–Crippen LogP) is 2.05. The van der Waals surface area contributed by atoms with E-state index in [4.69, 9.17) is 4.74 Å². The highest BCUT2D eigenvalue weighted by atomic mass is 16.5. The molecule has 7 nitrogen and oxygen atoms in total. The quantitative estimate of drug-likeness (QED) is 0.706. The molecule has 0 fully saturated rings. The molecule has 0 amide bonds. The van der Waals surface area contributed by atoms with Gasteiger partial charge in [0.2, 0.25) is 0 Å². The molecule has 128 valence electrons. The zero-order valence-electron chi connectivity index (χ0n) is 13.8. The minimum Gasteiger partial charge on any atom is -0.508 e. The minimum absolute atomic E-state index is 0.159. The first-order chi connectivity index (χ1) is 12.0. The zero-order chi connectivity index (χ0) is 18.0. The Morgan fingerprint density at radius 1 is 1.28 bits per heavy atom. The van der Waals surface area contributed by atoms with Crippen molar-refractivity contribution < 1.29 is 14.6 Å². The van der Waals surface area contributed by atoms with Crippen molar-refractivity contribution in [3.05, 3.63) is 64.2 Å². The van der Waals surface area contributed by atoms with Gasteiger partial charge in [0.1, 0.15) is 11.6 Å². The number of hydrogen-bond acceptors (Lipinski definition) is 6. The van der Waals surface area contributed by atoms with E-state index in [9.17, 15) is 14.7 Å². The van der Waals surface area contributed by atoms with E-state index >= 15 is 0 Å². The largest absolute Gasteiger partial charge is 0.508 e. The third-order valence-electron chi connectivity index (χ3n) is 3.83. The Hall–Kier alpha value is -3.35. The van der Waals surface area contributed by atoms with Crippen LogP contribution in [0.25, 0.3) is 10.9 Å². The van der Waals surface area contributed by atoms with E-state index in [1.54, 1.807) is 24.3 Å². The Kier molecular flexibility index (Phi) is 4.38. The van der Waals surface area contributed by atoms with Crippen molar-refractivity contribution in [1.82, 2.24) is 9.97 Å². The van der Waals surface area contributed by atoms with Crippen molar-refractivity contribution in [2.45, 2.75) is 6.54 Å². The maximum atomic E-state index is 12.3. The van der Waals surface area contributed by atoms with Crippen LogP contribution in [-0.4, -0.2) is 35.2 Å². The summed E-state index contributed by atoms with van der Waals surface area (Å²) in [5, 5.41) is 9.97. The number of carbonyl (C=O) groups is 1. The summed E-state index contributed by atoms with van der Waals surface area (Å²) in [5.74, 6) is 0.125. The highest BCUT2D eigenvalue weighted by Gasteiger charge is 2.11. The maximum absolute atomic E-state index is 12.3. The van der Waals surface area contributed by atoms with Gasteiger partial charge in [-0.3, -0.25) is 4.79 Å². The number of anilines is 1. The fourth-order valence-corrected chi connectivity index (χ4v) is 2.55. The van der Waals surface area contributed by atoms with E-state index in [1.807, 2.05) is 18.0 Å². The van der Waals surface area contributed by atoms with Crippen LogP contribution in [0.15, 0.2) is 47.3 Å². The number of ether oxygens (including phenoxy) is 1. The summed E-state index contributed by atoms with van der Waals surface area (Å²) >= 11 is 0.